The van der Waals surface area contributed by atoms with E-state index in [0.717, 1.165) is 0 Å². The van der Waals surface area contributed by atoms with Gasteiger partial charge in [0.2, 0.25) is 5.91 Å². The molecule has 0 aromatic heterocycles. The Bertz CT molecular complexity index is 404. The van der Waals surface area contributed by atoms with Crippen LogP contribution in [0.5, 0.6) is 0 Å². The van der Waals surface area contributed by atoms with Crippen LogP contribution in [0.15, 0.2) is 0 Å². The molecule has 112 valence electrons. The molecule has 0 saturated carbocycles. The molecule has 0 aliphatic heterocycles. The Balaban J connectivity index is 0. The Morgan fingerprint density at radius 1 is 1.16 bits per heavy atom. The molecule has 0 aliphatic rings. The smallest absolute Gasteiger partial charge is 0.303 e. The van der Waals surface area contributed by atoms with E-state index in [1.807, 2.05) is 0 Å². The molecule has 19 heavy (non-hydrogen) atoms. The molecular weight excluding hydrogens is 284 g/mol. The zero-order valence-electron chi connectivity index (χ0n) is 10.1. The molecule has 0 rings (SSSR count). The van der Waals surface area contributed by atoms with E-state index in [1.54, 1.807) is 0 Å². The zero-order chi connectivity index (χ0) is 15.6. The number of carbonyl (C=O) groups is 3. The number of rotatable bonds is 6. The minimum Gasteiger partial charge on any atom is -0.481 e. The number of amides is 1. The summed E-state index contributed by atoms with van der Waals surface area (Å²) in [6.07, 6.45) is -1.65. The molecule has 0 radical (unpaired) electrons. The first-order valence-corrected chi connectivity index (χ1v) is 6.46. The topological polar surface area (TPSA) is 184 Å². The van der Waals surface area contributed by atoms with Gasteiger partial charge in [0.05, 0.1) is 19.0 Å². The lowest BCUT2D eigenvalue weighted by atomic mass is 10.3. The van der Waals surface area contributed by atoms with Crippen LogP contribution >= 0.6 is 0 Å². The number of carboxylic acid groups (broad SMARTS) is 2. The minimum absolute atomic E-state index is 0.296. The van der Waals surface area contributed by atoms with Crippen molar-refractivity contribution in [2.75, 3.05) is 5.75 Å². The van der Waals surface area contributed by atoms with Gasteiger partial charge in [0.1, 0.15) is 5.75 Å². The number of hydrogen-bond acceptors (Lipinski definition) is 6. The second-order valence-electron chi connectivity index (χ2n) is 3.34. The molecule has 0 aliphatic carbocycles. The van der Waals surface area contributed by atoms with E-state index in [-0.39, 0.29) is 12.8 Å². The Morgan fingerprint density at radius 3 is 1.74 bits per heavy atom. The average Bonchev–Trinajstić information content (AvgIpc) is 2.10. The standard InChI is InChI=1S/C4H10N2O4S.C4H6O4/c1-3(7)6-4(5)2-11(8,9)10;5-3(6)1-2-4(7)8/h4H,2,5H2,1H3,(H,6,7)(H,8,9,10);1-2H2,(H,5,6)(H,7,8). The summed E-state index contributed by atoms with van der Waals surface area (Å²) in [6, 6.07) is 0. The van der Waals surface area contributed by atoms with Crippen molar-refractivity contribution in [3.05, 3.63) is 0 Å². The van der Waals surface area contributed by atoms with Gasteiger partial charge in [0, 0.05) is 6.92 Å². The van der Waals surface area contributed by atoms with E-state index in [4.69, 9.17) is 20.5 Å². The average molecular weight is 300 g/mol. The molecule has 0 saturated heterocycles. The first-order valence-electron chi connectivity index (χ1n) is 4.85. The van der Waals surface area contributed by atoms with E-state index < -0.39 is 39.9 Å². The number of nitrogens with one attached hydrogen (secondary N) is 1. The highest BCUT2D eigenvalue weighted by Crippen LogP contribution is 1.86. The van der Waals surface area contributed by atoms with Crippen LogP contribution in [0.4, 0.5) is 0 Å². The van der Waals surface area contributed by atoms with Gasteiger partial charge in [0.15, 0.2) is 0 Å². The molecule has 0 aromatic rings. The summed E-state index contributed by atoms with van der Waals surface area (Å²) in [5, 5.41) is 17.9. The maximum atomic E-state index is 10.3. The molecule has 0 heterocycles. The van der Waals surface area contributed by atoms with Crippen molar-refractivity contribution in [1.82, 2.24) is 5.32 Å². The summed E-state index contributed by atoms with van der Waals surface area (Å²) < 4.78 is 28.5. The van der Waals surface area contributed by atoms with Crippen LogP contribution in [-0.2, 0) is 24.5 Å². The van der Waals surface area contributed by atoms with E-state index in [0.29, 0.717) is 0 Å². The number of nitrogens with two attached hydrogens (primary N) is 1. The van der Waals surface area contributed by atoms with Crippen LogP contribution in [0.25, 0.3) is 0 Å². The van der Waals surface area contributed by atoms with Gasteiger partial charge in [-0.1, -0.05) is 0 Å². The maximum Gasteiger partial charge on any atom is 0.303 e. The Kier molecular flexibility index (Phi) is 9.54. The number of hydrogen-bond donors (Lipinski definition) is 5. The molecule has 1 amide bonds. The second kappa shape index (κ2) is 9.24. The number of carbonyl (C=O) groups excluding carboxylic acids is 1. The third kappa shape index (κ3) is 22.0. The second-order valence-corrected chi connectivity index (χ2v) is 4.84. The van der Waals surface area contributed by atoms with Crippen LogP contribution in [0.3, 0.4) is 0 Å². The van der Waals surface area contributed by atoms with E-state index in [9.17, 15) is 22.8 Å². The molecular formula is C8H16N2O8S. The van der Waals surface area contributed by atoms with Crippen molar-refractivity contribution < 1.29 is 37.6 Å². The van der Waals surface area contributed by atoms with E-state index in [1.165, 1.54) is 6.92 Å². The molecule has 0 aromatic carbocycles. The van der Waals surface area contributed by atoms with Gasteiger partial charge in [0.25, 0.3) is 10.1 Å². The van der Waals surface area contributed by atoms with Crippen molar-refractivity contribution in [1.29, 1.82) is 0 Å². The first-order chi connectivity index (χ1) is 8.44. The van der Waals surface area contributed by atoms with Crippen molar-refractivity contribution >= 4 is 28.0 Å². The lowest BCUT2D eigenvalue weighted by Crippen LogP contribution is -2.45. The van der Waals surface area contributed by atoms with Crippen LogP contribution in [0, 0.1) is 0 Å². The SMILES string of the molecule is CC(=O)NC(N)CS(=O)(=O)O.O=C(O)CCC(=O)O. The normalized spacial score (nSPS) is 11.7. The predicted octanol–water partition coefficient (Wildman–Crippen LogP) is -1.77. The highest BCUT2D eigenvalue weighted by atomic mass is 32.2. The van der Waals surface area contributed by atoms with E-state index in [2.05, 4.69) is 5.32 Å². The highest BCUT2D eigenvalue weighted by Gasteiger charge is 2.12. The molecule has 11 heteroatoms. The summed E-state index contributed by atoms with van der Waals surface area (Å²) in [5.74, 6) is -3.27. The van der Waals surface area contributed by atoms with Gasteiger partial charge < -0.3 is 21.3 Å². The quantitative estimate of drug-likeness (QED) is 0.279. The lowest BCUT2D eigenvalue weighted by Gasteiger charge is -2.09. The maximum absolute atomic E-state index is 10.3. The Hall–Kier alpha value is -1.72. The molecule has 1 unspecified atom stereocenters. The first kappa shape index (κ1) is 19.6. The third-order valence-electron chi connectivity index (χ3n) is 1.33. The van der Waals surface area contributed by atoms with Gasteiger partial charge in [-0.15, -0.1) is 0 Å². The molecule has 6 N–H and O–H groups in total. The molecule has 1 atom stereocenters. The van der Waals surface area contributed by atoms with Crippen molar-refractivity contribution in [2.24, 2.45) is 5.73 Å². The fraction of sp³-hybridized carbons (Fsp3) is 0.625. The van der Waals surface area contributed by atoms with Crippen LogP contribution < -0.4 is 11.1 Å². The summed E-state index contributed by atoms with van der Waals surface area (Å²) in [6.45, 7) is 1.20. The van der Waals surface area contributed by atoms with Crippen molar-refractivity contribution in [3.8, 4) is 0 Å². The predicted molar refractivity (Wildman–Crippen MR) is 62.7 cm³/mol. The summed E-state index contributed by atoms with van der Waals surface area (Å²) >= 11 is 0. The minimum atomic E-state index is -4.11. The van der Waals surface area contributed by atoms with E-state index >= 15 is 0 Å². The zero-order valence-corrected chi connectivity index (χ0v) is 10.9. The monoisotopic (exact) mass is 300 g/mol. The fourth-order valence-electron chi connectivity index (χ4n) is 0.744. The van der Waals surface area contributed by atoms with Crippen molar-refractivity contribution in [2.45, 2.75) is 25.9 Å². The summed E-state index contributed by atoms with van der Waals surface area (Å²) in [5.41, 5.74) is 5.09. The molecule has 0 fully saturated rings. The summed E-state index contributed by atoms with van der Waals surface area (Å²) in [7, 11) is -4.11. The number of carboxylic acids is 2. The Morgan fingerprint density at radius 2 is 1.53 bits per heavy atom. The summed E-state index contributed by atoms with van der Waals surface area (Å²) in [4.78, 5) is 29.6. The van der Waals surface area contributed by atoms with Crippen LogP contribution in [-0.4, -0.2) is 52.9 Å². The largest absolute Gasteiger partial charge is 0.481 e. The lowest BCUT2D eigenvalue weighted by molar-refractivity contribution is -0.143. The number of aliphatic carboxylic acids is 2. The fourth-order valence-corrected chi connectivity index (χ4v) is 1.28. The van der Waals surface area contributed by atoms with Gasteiger partial charge >= 0.3 is 11.9 Å². The molecule has 0 spiro atoms. The van der Waals surface area contributed by atoms with Gasteiger partial charge in [-0.2, -0.15) is 8.42 Å². The van der Waals surface area contributed by atoms with Crippen molar-refractivity contribution in [3.63, 3.8) is 0 Å². The van der Waals surface area contributed by atoms with Crippen LogP contribution in [0.1, 0.15) is 19.8 Å². The molecule has 0 bridgehead atoms. The van der Waals surface area contributed by atoms with Gasteiger partial charge in [-0.25, -0.2) is 0 Å². The highest BCUT2D eigenvalue weighted by molar-refractivity contribution is 7.85. The third-order valence-corrected chi connectivity index (χ3v) is 2.11. The van der Waals surface area contributed by atoms with Crippen LogP contribution in [0.2, 0.25) is 0 Å². The molecule has 10 nitrogen and oxygen atoms in total. The Labute approximate surface area is 109 Å². The van der Waals surface area contributed by atoms with Gasteiger partial charge in [-0.3, -0.25) is 18.9 Å². The van der Waals surface area contributed by atoms with Gasteiger partial charge in [-0.05, 0) is 0 Å².